The van der Waals surface area contributed by atoms with Gasteiger partial charge in [-0.1, -0.05) is 13.8 Å². The SMILES string of the molecule is COCCN(Cc1csc(CNC(C)C)n1)C(C)C1CC1. The molecule has 1 aliphatic carbocycles. The molecule has 5 heteroatoms. The molecule has 0 spiro atoms. The molecule has 0 radical (unpaired) electrons. The van der Waals surface area contributed by atoms with E-state index in [0.29, 0.717) is 12.1 Å². The summed E-state index contributed by atoms with van der Waals surface area (Å²) in [5, 5.41) is 6.82. The predicted octanol–water partition coefficient (Wildman–Crippen LogP) is 2.89. The van der Waals surface area contributed by atoms with Crippen molar-refractivity contribution in [1.82, 2.24) is 15.2 Å². The minimum absolute atomic E-state index is 0.505. The first-order valence-electron chi connectivity index (χ1n) is 7.99. The first-order chi connectivity index (χ1) is 10.1. The molecule has 1 unspecified atom stereocenters. The van der Waals surface area contributed by atoms with Gasteiger partial charge in [-0.25, -0.2) is 4.98 Å². The fourth-order valence-corrected chi connectivity index (χ4v) is 3.25. The van der Waals surface area contributed by atoms with Gasteiger partial charge in [0.2, 0.25) is 0 Å². The topological polar surface area (TPSA) is 37.4 Å². The van der Waals surface area contributed by atoms with Crippen molar-refractivity contribution in [2.45, 2.75) is 58.8 Å². The molecular weight excluding hydrogens is 282 g/mol. The largest absolute Gasteiger partial charge is 0.383 e. The smallest absolute Gasteiger partial charge is 0.107 e. The van der Waals surface area contributed by atoms with Crippen LogP contribution in [0.4, 0.5) is 0 Å². The van der Waals surface area contributed by atoms with E-state index in [1.165, 1.54) is 23.5 Å². The lowest BCUT2D eigenvalue weighted by molar-refractivity contribution is 0.111. The molecular formula is C16H29N3OS. The summed E-state index contributed by atoms with van der Waals surface area (Å²) in [6.45, 7) is 10.3. The molecule has 0 aromatic carbocycles. The van der Waals surface area contributed by atoms with Gasteiger partial charge in [0, 0.05) is 44.2 Å². The van der Waals surface area contributed by atoms with Crippen molar-refractivity contribution in [3.63, 3.8) is 0 Å². The highest BCUT2D eigenvalue weighted by Gasteiger charge is 2.32. The van der Waals surface area contributed by atoms with Crippen LogP contribution in [0.2, 0.25) is 0 Å². The highest BCUT2D eigenvalue weighted by atomic mass is 32.1. The van der Waals surface area contributed by atoms with Crippen LogP contribution in [-0.4, -0.2) is 42.2 Å². The molecule has 0 bridgehead atoms. The van der Waals surface area contributed by atoms with Crippen LogP contribution >= 0.6 is 11.3 Å². The monoisotopic (exact) mass is 311 g/mol. The molecule has 1 saturated carbocycles. The van der Waals surface area contributed by atoms with Gasteiger partial charge in [0.15, 0.2) is 0 Å². The van der Waals surface area contributed by atoms with Gasteiger partial charge < -0.3 is 10.1 Å². The minimum Gasteiger partial charge on any atom is -0.383 e. The van der Waals surface area contributed by atoms with E-state index in [2.05, 4.69) is 36.4 Å². The fourth-order valence-electron chi connectivity index (χ4n) is 2.51. The second kappa shape index (κ2) is 8.22. The third-order valence-corrected chi connectivity index (χ3v) is 4.99. The molecule has 2 rings (SSSR count). The summed E-state index contributed by atoms with van der Waals surface area (Å²) in [4.78, 5) is 7.29. The Balaban J connectivity index is 1.89. The van der Waals surface area contributed by atoms with Crippen molar-refractivity contribution >= 4 is 11.3 Å². The molecule has 0 saturated heterocycles. The summed E-state index contributed by atoms with van der Waals surface area (Å²) in [7, 11) is 1.78. The Kier molecular flexibility index (Phi) is 6.61. The van der Waals surface area contributed by atoms with Gasteiger partial charge in [0.1, 0.15) is 5.01 Å². The standard InChI is InChI=1S/C16H29N3OS/c1-12(2)17-9-16-18-15(11-21-16)10-19(7-8-20-4)13(3)14-5-6-14/h11-14,17H,5-10H2,1-4H3. The number of methoxy groups -OCH3 is 1. The van der Waals surface area contributed by atoms with E-state index in [1.54, 1.807) is 18.4 Å². The van der Waals surface area contributed by atoms with Crippen molar-refractivity contribution in [2.75, 3.05) is 20.3 Å². The summed E-state index contributed by atoms with van der Waals surface area (Å²) in [6, 6.07) is 1.14. The molecule has 0 aliphatic heterocycles. The van der Waals surface area contributed by atoms with Crippen LogP contribution in [0.3, 0.4) is 0 Å². The van der Waals surface area contributed by atoms with Gasteiger partial charge in [-0.05, 0) is 25.7 Å². The first kappa shape index (κ1) is 16.9. The lowest BCUT2D eigenvalue weighted by Gasteiger charge is -2.28. The van der Waals surface area contributed by atoms with Crippen molar-refractivity contribution in [2.24, 2.45) is 5.92 Å². The maximum absolute atomic E-state index is 5.26. The molecule has 1 heterocycles. The lowest BCUT2D eigenvalue weighted by Crippen LogP contribution is -2.36. The third kappa shape index (κ3) is 5.66. The second-order valence-electron chi connectivity index (χ2n) is 6.31. The molecule has 21 heavy (non-hydrogen) atoms. The fraction of sp³-hybridized carbons (Fsp3) is 0.812. The Labute approximate surface area is 132 Å². The van der Waals surface area contributed by atoms with Gasteiger partial charge in [-0.2, -0.15) is 0 Å². The maximum Gasteiger partial charge on any atom is 0.107 e. The van der Waals surface area contributed by atoms with E-state index in [-0.39, 0.29) is 0 Å². The number of thiazole rings is 1. The Morgan fingerprint density at radius 3 is 2.81 bits per heavy atom. The van der Waals surface area contributed by atoms with Crippen molar-refractivity contribution < 1.29 is 4.74 Å². The molecule has 1 N–H and O–H groups in total. The van der Waals surface area contributed by atoms with Gasteiger partial charge in [0.25, 0.3) is 0 Å². The summed E-state index contributed by atoms with van der Waals surface area (Å²) in [5.74, 6) is 0.877. The van der Waals surface area contributed by atoms with Crippen LogP contribution in [0.5, 0.6) is 0 Å². The zero-order valence-corrected chi connectivity index (χ0v) is 14.6. The van der Waals surface area contributed by atoms with E-state index in [4.69, 9.17) is 9.72 Å². The second-order valence-corrected chi connectivity index (χ2v) is 7.25. The van der Waals surface area contributed by atoms with Crippen LogP contribution in [0.1, 0.15) is 44.3 Å². The Morgan fingerprint density at radius 1 is 1.43 bits per heavy atom. The molecule has 1 aromatic rings. The van der Waals surface area contributed by atoms with Crippen molar-refractivity contribution in [1.29, 1.82) is 0 Å². The molecule has 1 aliphatic rings. The van der Waals surface area contributed by atoms with E-state index < -0.39 is 0 Å². The highest BCUT2D eigenvalue weighted by molar-refractivity contribution is 7.09. The average Bonchev–Trinajstić information content (AvgIpc) is 3.21. The van der Waals surface area contributed by atoms with Crippen LogP contribution in [0.15, 0.2) is 5.38 Å². The van der Waals surface area contributed by atoms with Crippen LogP contribution in [-0.2, 0) is 17.8 Å². The lowest BCUT2D eigenvalue weighted by atomic mass is 10.2. The number of ether oxygens (including phenoxy) is 1. The molecule has 0 amide bonds. The summed E-state index contributed by atoms with van der Waals surface area (Å²) in [6.07, 6.45) is 2.76. The molecule has 120 valence electrons. The summed E-state index contributed by atoms with van der Waals surface area (Å²) >= 11 is 1.76. The Hall–Kier alpha value is -0.490. The quantitative estimate of drug-likeness (QED) is 0.721. The van der Waals surface area contributed by atoms with Crippen molar-refractivity contribution in [3.8, 4) is 0 Å². The number of nitrogens with one attached hydrogen (secondary N) is 1. The first-order valence-corrected chi connectivity index (χ1v) is 8.87. The average molecular weight is 311 g/mol. The van der Waals surface area contributed by atoms with E-state index in [0.717, 1.165) is 32.2 Å². The number of aromatic nitrogens is 1. The maximum atomic E-state index is 5.26. The Morgan fingerprint density at radius 2 is 2.19 bits per heavy atom. The highest BCUT2D eigenvalue weighted by Crippen LogP contribution is 2.35. The minimum atomic E-state index is 0.505. The van der Waals surface area contributed by atoms with Gasteiger partial charge in [-0.3, -0.25) is 4.90 Å². The van der Waals surface area contributed by atoms with E-state index in [9.17, 15) is 0 Å². The van der Waals surface area contributed by atoms with E-state index in [1.807, 2.05) is 0 Å². The Bertz CT molecular complexity index is 417. The molecule has 1 aromatic heterocycles. The van der Waals surface area contributed by atoms with E-state index >= 15 is 0 Å². The summed E-state index contributed by atoms with van der Waals surface area (Å²) < 4.78 is 5.26. The normalized spacial score (nSPS) is 16.9. The van der Waals surface area contributed by atoms with Crippen molar-refractivity contribution in [3.05, 3.63) is 16.1 Å². The van der Waals surface area contributed by atoms with Crippen LogP contribution in [0.25, 0.3) is 0 Å². The van der Waals surface area contributed by atoms with Gasteiger partial charge in [-0.15, -0.1) is 11.3 Å². The predicted molar refractivity (Wildman–Crippen MR) is 88.6 cm³/mol. The number of rotatable bonds is 10. The van der Waals surface area contributed by atoms with Crippen LogP contribution < -0.4 is 5.32 Å². The number of nitrogens with zero attached hydrogens (tertiary/aromatic N) is 2. The number of hydrogen-bond donors (Lipinski definition) is 1. The summed E-state index contributed by atoms with van der Waals surface area (Å²) in [5.41, 5.74) is 1.20. The van der Waals surface area contributed by atoms with Crippen LogP contribution in [0, 0.1) is 5.92 Å². The van der Waals surface area contributed by atoms with Gasteiger partial charge in [0.05, 0.1) is 12.3 Å². The zero-order valence-electron chi connectivity index (χ0n) is 13.8. The molecule has 4 nitrogen and oxygen atoms in total. The number of hydrogen-bond acceptors (Lipinski definition) is 5. The van der Waals surface area contributed by atoms with Gasteiger partial charge >= 0.3 is 0 Å². The molecule has 1 fully saturated rings. The third-order valence-electron chi connectivity index (χ3n) is 4.09. The zero-order chi connectivity index (χ0) is 15.2. The molecule has 1 atom stereocenters.